The van der Waals surface area contributed by atoms with Crippen LogP contribution in [0.4, 0.5) is 5.82 Å². The number of aromatic nitrogens is 2. The predicted octanol–water partition coefficient (Wildman–Crippen LogP) is -0.0526. The van der Waals surface area contributed by atoms with Crippen LogP contribution in [-0.2, 0) is 4.74 Å². The van der Waals surface area contributed by atoms with E-state index in [1.165, 1.54) is 0 Å². The molecule has 1 saturated heterocycles. The highest BCUT2D eigenvalue weighted by Crippen LogP contribution is 2.10. The van der Waals surface area contributed by atoms with Crippen LogP contribution in [0.15, 0.2) is 12.4 Å². The van der Waals surface area contributed by atoms with Gasteiger partial charge in [-0.15, -0.1) is 0 Å². The van der Waals surface area contributed by atoms with Gasteiger partial charge in [-0.2, -0.15) is 0 Å². The third-order valence-corrected chi connectivity index (χ3v) is 2.43. The van der Waals surface area contributed by atoms with Gasteiger partial charge in [0.05, 0.1) is 25.6 Å². The molecule has 0 aromatic carbocycles. The summed E-state index contributed by atoms with van der Waals surface area (Å²) in [6.07, 6.45) is 3.30. The van der Waals surface area contributed by atoms with Crippen molar-refractivity contribution >= 4 is 23.0 Å². The van der Waals surface area contributed by atoms with E-state index in [2.05, 4.69) is 14.9 Å². The summed E-state index contributed by atoms with van der Waals surface area (Å²) in [7, 11) is 0. The van der Waals surface area contributed by atoms with E-state index >= 15 is 0 Å². The van der Waals surface area contributed by atoms with Crippen LogP contribution in [0, 0.1) is 0 Å². The van der Waals surface area contributed by atoms with Gasteiger partial charge >= 0.3 is 0 Å². The molecule has 1 aliphatic rings. The van der Waals surface area contributed by atoms with Crippen molar-refractivity contribution in [2.45, 2.75) is 0 Å². The number of nitrogens with zero attached hydrogens (tertiary/aromatic N) is 3. The van der Waals surface area contributed by atoms with Crippen molar-refractivity contribution in [1.82, 2.24) is 9.97 Å². The van der Waals surface area contributed by atoms with Crippen LogP contribution >= 0.6 is 12.2 Å². The van der Waals surface area contributed by atoms with Crippen LogP contribution in [-0.4, -0.2) is 41.3 Å². The van der Waals surface area contributed by atoms with Gasteiger partial charge in [-0.3, -0.25) is 0 Å². The molecule has 1 aromatic rings. The Hall–Kier alpha value is -1.27. The number of morpholine rings is 1. The molecule has 5 nitrogen and oxygen atoms in total. The summed E-state index contributed by atoms with van der Waals surface area (Å²) < 4.78 is 5.25. The number of hydrogen-bond donors (Lipinski definition) is 1. The lowest BCUT2D eigenvalue weighted by molar-refractivity contribution is 0.122. The van der Waals surface area contributed by atoms with Gasteiger partial charge in [0.2, 0.25) is 0 Å². The summed E-state index contributed by atoms with van der Waals surface area (Å²) in [5, 5.41) is 0. The first-order valence-corrected chi connectivity index (χ1v) is 5.13. The maximum atomic E-state index is 5.44. The second kappa shape index (κ2) is 4.50. The molecular weight excluding hydrogens is 212 g/mol. The van der Waals surface area contributed by atoms with Crippen LogP contribution in [0.5, 0.6) is 0 Å². The van der Waals surface area contributed by atoms with Crippen molar-refractivity contribution in [2.24, 2.45) is 5.73 Å². The van der Waals surface area contributed by atoms with Crippen LogP contribution < -0.4 is 10.6 Å². The summed E-state index contributed by atoms with van der Waals surface area (Å²) in [4.78, 5) is 10.8. The fourth-order valence-corrected chi connectivity index (χ4v) is 1.51. The lowest BCUT2D eigenvalue weighted by atomic mass is 10.4. The number of ether oxygens (including phenoxy) is 1. The van der Waals surface area contributed by atoms with Crippen molar-refractivity contribution in [3.63, 3.8) is 0 Å². The summed E-state index contributed by atoms with van der Waals surface area (Å²) in [5.74, 6) is 0.846. The first kappa shape index (κ1) is 10.3. The zero-order valence-electron chi connectivity index (χ0n) is 8.22. The van der Waals surface area contributed by atoms with E-state index < -0.39 is 0 Å². The van der Waals surface area contributed by atoms with E-state index in [0.29, 0.717) is 5.69 Å². The zero-order chi connectivity index (χ0) is 10.7. The first-order chi connectivity index (χ1) is 7.27. The maximum absolute atomic E-state index is 5.44. The third-order valence-electron chi connectivity index (χ3n) is 2.23. The molecule has 2 heterocycles. The van der Waals surface area contributed by atoms with E-state index in [-0.39, 0.29) is 4.99 Å². The summed E-state index contributed by atoms with van der Waals surface area (Å²) in [6, 6.07) is 0. The van der Waals surface area contributed by atoms with E-state index in [1.807, 2.05) is 0 Å². The Morgan fingerprint density at radius 2 is 2.07 bits per heavy atom. The molecule has 0 bridgehead atoms. The fourth-order valence-electron chi connectivity index (χ4n) is 1.40. The Morgan fingerprint density at radius 1 is 1.33 bits per heavy atom. The van der Waals surface area contributed by atoms with Crippen molar-refractivity contribution in [3.05, 3.63) is 18.1 Å². The molecule has 0 aliphatic carbocycles. The van der Waals surface area contributed by atoms with Gasteiger partial charge in [-0.25, -0.2) is 9.97 Å². The molecule has 15 heavy (non-hydrogen) atoms. The molecule has 0 amide bonds. The van der Waals surface area contributed by atoms with Gasteiger partial charge < -0.3 is 15.4 Å². The lowest BCUT2D eigenvalue weighted by Gasteiger charge is -2.27. The van der Waals surface area contributed by atoms with Crippen LogP contribution in [0.3, 0.4) is 0 Å². The standard InChI is InChI=1S/C9H12N4OS/c10-9(15)7-5-12-8(6-11-7)13-1-3-14-4-2-13/h5-6H,1-4H2,(H2,10,15). The fraction of sp³-hybridized carbons (Fsp3) is 0.444. The first-order valence-electron chi connectivity index (χ1n) is 4.72. The number of anilines is 1. The highest BCUT2D eigenvalue weighted by molar-refractivity contribution is 7.80. The number of rotatable bonds is 2. The molecule has 0 saturated carbocycles. The summed E-state index contributed by atoms with van der Waals surface area (Å²) in [5.41, 5.74) is 6.00. The third kappa shape index (κ3) is 2.40. The van der Waals surface area contributed by atoms with Gasteiger partial charge in [0.15, 0.2) is 0 Å². The molecule has 1 fully saturated rings. The normalized spacial score (nSPS) is 16.4. The molecule has 2 N–H and O–H groups in total. The second-order valence-electron chi connectivity index (χ2n) is 3.22. The Kier molecular flexibility index (Phi) is 3.08. The minimum Gasteiger partial charge on any atom is -0.388 e. The molecule has 0 spiro atoms. The van der Waals surface area contributed by atoms with Gasteiger partial charge in [0.1, 0.15) is 16.5 Å². The van der Waals surface area contributed by atoms with Gasteiger partial charge in [0.25, 0.3) is 0 Å². The average molecular weight is 224 g/mol. The Balaban J connectivity index is 2.11. The molecule has 0 unspecified atom stereocenters. The van der Waals surface area contributed by atoms with Crippen molar-refractivity contribution < 1.29 is 4.74 Å². The van der Waals surface area contributed by atoms with E-state index in [4.69, 9.17) is 22.7 Å². The minimum atomic E-state index is 0.274. The molecule has 80 valence electrons. The summed E-state index contributed by atoms with van der Waals surface area (Å²) >= 11 is 4.80. The molecule has 6 heteroatoms. The van der Waals surface area contributed by atoms with Crippen LogP contribution in [0.2, 0.25) is 0 Å². The Labute approximate surface area is 93.3 Å². The zero-order valence-corrected chi connectivity index (χ0v) is 9.04. The Morgan fingerprint density at radius 3 is 2.60 bits per heavy atom. The van der Waals surface area contributed by atoms with Crippen LogP contribution in [0.1, 0.15) is 5.69 Å². The largest absolute Gasteiger partial charge is 0.388 e. The quantitative estimate of drug-likeness (QED) is 0.710. The highest BCUT2D eigenvalue weighted by atomic mass is 32.1. The van der Waals surface area contributed by atoms with Crippen molar-refractivity contribution in [3.8, 4) is 0 Å². The molecule has 2 rings (SSSR count). The smallest absolute Gasteiger partial charge is 0.147 e. The SMILES string of the molecule is NC(=S)c1cnc(N2CCOCC2)cn1. The maximum Gasteiger partial charge on any atom is 0.147 e. The van der Waals surface area contributed by atoms with Crippen molar-refractivity contribution in [2.75, 3.05) is 31.2 Å². The average Bonchev–Trinajstić information content (AvgIpc) is 2.30. The van der Waals surface area contributed by atoms with E-state index in [9.17, 15) is 0 Å². The number of hydrogen-bond acceptors (Lipinski definition) is 5. The van der Waals surface area contributed by atoms with E-state index in [1.54, 1.807) is 12.4 Å². The lowest BCUT2D eigenvalue weighted by Crippen LogP contribution is -2.36. The molecule has 1 aliphatic heterocycles. The Bertz CT molecular complexity index is 348. The summed E-state index contributed by atoms with van der Waals surface area (Å²) in [6.45, 7) is 3.17. The van der Waals surface area contributed by atoms with E-state index in [0.717, 1.165) is 32.1 Å². The number of nitrogens with two attached hydrogens (primary N) is 1. The molecule has 0 radical (unpaired) electrons. The van der Waals surface area contributed by atoms with Gasteiger partial charge in [-0.1, -0.05) is 12.2 Å². The van der Waals surface area contributed by atoms with Crippen molar-refractivity contribution in [1.29, 1.82) is 0 Å². The monoisotopic (exact) mass is 224 g/mol. The van der Waals surface area contributed by atoms with Gasteiger partial charge in [-0.05, 0) is 0 Å². The molecular formula is C9H12N4OS. The number of thiocarbonyl (C=S) groups is 1. The van der Waals surface area contributed by atoms with Crippen LogP contribution in [0.25, 0.3) is 0 Å². The second-order valence-corrected chi connectivity index (χ2v) is 3.66. The van der Waals surface area contributed by atoms with Gasteiger partial charge in [0, 0.05) is 13.1 Å². The minimum absolute atomic E-state index is 0.274. The predicted molar refractivity (Wildman–Crippen MR) is 61.0 cm³/mol. The molecule has 0 atom stereocenters. The highest BCUT2D eigenvalue weighted by Gasteiger charge is 2.12. The molecule has 1 aromatic heterocycles. The topological polar surface area (TPSA) is 64.3 Å².